The van der Waals surface area contributed by atoms with Crippen molar-refractivity contribution in [3.63, 3.8) is 0 Å². The third kappa shape index (κ3) is 14.7. The van der Waals surface area contributed by atoms with Crippen LogP contribution < -0.4 is 10.6 Å². The molecule has 248 valence electrons. The van der Waals surface area contributed by atoms with E-state index >= 15 is 0 Å². The van der Waals surface area contributed by atoms with Crippen molar-refractivity contribution in [2.45, 2.75) is 70.7 Å². The maximum atomic E-state index is 13.7. The molecule has 44 heavy (non-hydrogen) atoms. The number of benzene rings is 1. The van der Waals surface area contributed by atoms with Crippen molar-refractivity contribution in [3.05, 3.63) is 35.9 Å². The largest absolute Gasteiger partial charge is 0.469 e. The van der Waals surface area contributed by atoms with Gasteiger partial charge in [-0.15, -0.1) is 0 Å². The number of rotatable bonds is 17. The Balaban J connectivity index is 2.86. The molecule has 0 spiro atoms. The second-order valence-electron chi connectivity index (χ2n) is 10.8. The summed E-state index contributed by atoms with van der Waals surface area (Å²) >= 11 is 0. The van der Waals surface area contributed by atoms with Gasteiger partial charge in [0.05, 0.1) is 27.2 Å². The van der Waals surface area contributed by atoms with Crippen molar-refractivity contribution < 1.29 is 56.7 Å². The molecule has 1 aromatic rings. The number of hydrogen-bond acceptors (Lipinski definition) is 12. The van der Waals surface area contributed by atoms with E-state index in [1.807, 2.05) is 6.07 Å². The molecule has 0 bridgehead atoms. The van der Waals surface area contributed by atoms with Gasteiger partial charge in [0, 0.05) is 19.4 Å². The Hall–Kier alpha value is -3.64. The standard InChI is InChI=1S/C29H45N2O12P/c1-29(2,3)43-28(36)31-22(25(33)39-5)15-11-14-21(24(32)38-4)19-44(37,41-7)17-16-23(26(34)40-6)30-27(35)42-18-20-12-9-8-10-13-20/h8-10,12-13,21-23H,11,14-19H2,1-7H3,(H,30,35)(H,31,36)/t21?,22-,23-,44?/m1/s1. The fourth-order valence-corrected chi connectivity index (χ4v) is 6.25. The predicted octanol–water partition coefficient (Wildman–Crippen LogP) is 3.79. The van der Waals surface area contributed by atoms with Crippen LogP contribution in [0.2, 0.25) is 0 Å². The number of nitrogens with one attached hydrogen (secondary N) is 2. The van der Waals surface area contributed by atoms with Gasteiger partial charge in [0.2, 0.25) is 7.37 Å². The Morgan fingerprint density at radius 3 is 1.84 bits per heavy atom. The van der Waals surface area contributed by atoms with E-state index in [2.05, 4.69) is 10.6 Å². The van der Waals surface area contributed by atoms with Crippen LogP contribution in [0, 0.1) is 5.92 Å². The van der Waals surface area contributed by atoms with Crippen molar-refractivity contribution >= 4 is 37.5 Å². The van der Waals surface area contributed by atoms with Crippen LogP contribution in [0.4, 0.5) is 9.59 Å². The average Bonchev–Trinajstić information content (AvgIpc) is 2.99. The molecule has 1 aromatic carbocycles. The van der Waals surface area contributed by atoms with E-state index in [4.69, 9.17) is 28.2 Å². The normalized spacial score (nSPS) is 14.5. The number of hydrogen-bond donors (Lipinski definition) is 2. The van der Waals surface area contributed by atoms with Crippen LogP contribution in [-0.4, -0.2) is 88.5 Å². The van der Waals surface area contributed by atoms with Gasteiger partial charge in [-0.2, -0.15) is 0 Å². The number of carbonyl (C=O) groups excluding carboxylic acids is 5. The lowest BCUT2D eigenvalue weighted by Crippen LogP contribution is -2.44. The number of ether oxygens (including phenoxy) is 5. The highest BCUT2D eigenvalue weighted by atomic mass is 31.2. The Labute approximate surface area is 258 Å². The first-order chi connectivity index (χ1) is 20.7. The van der Waals surface area contributed by atoms with Crippen molar-refractivity contribution in [1.82, 2.24) is 10.6 Å². The maximum Gasteiger partial charge on any atom is 0.408 e. The van der Waals surface area contributed by atoms with E-state index in [1.165, 1.54) is 21.3 Å². The molecule has 14 nitrogen and oxygen atoms in total. The zero-order chi connectivity index (χ0) is 33.3. The van der Waals surface area contributed by atoms with Gasteiger partial charge in [-0.1, -0.05) is 30.3 Å². The minimum atomic E-state index is -3.55. The second kappa shape index (κ2) is 18.9. The summed E-state index contributed by atoms with van der Waals surface area (Å²) < 4.78 is 43.8. The number of amides is 2. The Kier molecular flexibility index (Phi) is 16.5. The van der Waals surface area contributed by atoms with Crippen LogP contribution in [0.15, 0.2) is 30.3 Å². The van der Waals surface area contributed by atoms with E-state index in [0.717, 1.165) is 12.7 Å². The molecule has 0 aromatic heterocycles. The molecule has 0 radical (unpaired) electrons. The molecule has 0 fully saturated rings. The first kappa shape index (κ1) is 38.4. The summed E-state index contributed by atoms with van der Waals surface area (Å²) in [4.78, 5) is 61.8. The molecule has 15 heteroatoms. The molecular formula is C29H45N2O12P. The SMILES string of the molecule is COC(=O)C(CCC[C@@H](NC(=O)OC(C)(C)C)C(=O)OC)CP(=O)(CC[C@@H](NC(=O)OCc1ccccc1)C(=O)OC)OC. The quantitative estimate of drug-likeness (QED) is 0.142. The van der Waals surface area contributed by atoms with Crippen LogP contribution in [-0.2, 0) is 53.8 Å². The number of esters is 3. The molecule has 4 atom stereocenters. The molecule has 0 aliphatic heterocycles. The monoisotopic (exact) mass is 644 g/mol. The summed E-state index contributed by atoms with van der Waals surface area (Å²) in [6, 6.07) is 6.69. The molecule has 0 aliphatic carbocycles. The predicted molar refractivity (Wildman–Crippen MR) is 159 cm³/mol. The lowest BCUT2D eigenvalue weighted by atomic mass is 10.0. The molecule has 0 saturated carbocycles. The van der Waals surface area contributed by atoms with Crippen molar-refractivity contribution in [2.75, 3.05) is 40.8 Å². The Morgan fingerprint density at radius 2 is 1.32 bits per heavy atom. The van der Waals surface area contributed by atoms with Gasteiger partial charge in [-0.25, -0.2) is 19.2 Å². The van der Waals surface area contributed by atoms with Crippen molar-refractivity contribution in [3.8, 4) is 0 Å². The van der Waals surface area contributed by atoms with Crippen LogP contribution in [0.1, 0.15) is 52.0 Å². The van der Waals surface area contributed by atoms with Gasteiger partial charge in [-0.05, 0) is 52.0 Å². The van der Waals surface area contributed by atoms with Gasteiger partial charge in [-0.3, -0.25) is 9.36 Å². The summed E-state index contributed by atoms with van der Waals surface area (Å²) in [6.45, 7) is 5.00. The third-order valence-corrected chi connectivity index (χ3v) is 8.94. The molecule has 1 rings (SSSR count). The first-order valence-corrected chi connectivity index (χ1v) is 16.0. The third-order valence-electron chi connectivity index (χ3n) is 6.34. The number of alkyl carbamates (subject to hydrolysis) is 2. The summed E-state index contributed by atoms with van der Waals surface area (Å²) in [5.41, 5.74) is -0.0408. The Bertz CT molecular complexity index is 1140. The lowest BCUT2D eigenvalue weighted by Gasteiger charge is -2.24. The van der Waals surface area contributed by atoms with Crippen LogP contribution in [0.25, 0.3) is 0 Å². The molecule has 2 amide bonds. The molecule has 0 aliphatic rings. The highest BCUT2D eigenvalue weighted by Crippen LogP contribution is 2.49. The van der Waals surface area contributed by atoms with Gasteiger partial charge in [0.25, 0.3) is 0 Å². The van der Waals surface area contributed by atoms with E-state index in [1.54, 1.807) is 45.0 Å². The highest BCUT2D eigenvalue weighted by Gasteiger charge is 2.34. The van der Waals surface area contributed by atoms with Crippen LogP contribution >= 0.6 is 7.37 Å². The minimum Gasteiger partial charge on any atom is -0.469 e. The summed E-state index contributed by atoms with van der Waals surface area (Å²) in [7, 11) is 1.19. The van der Waals surface area contributed by atoms with E-state index in [0.29, 0.717) is 0 Å². The topological polar surface area (TPSA) is 182 Å². The molecule has 0 saturated heterocycles. The lowest BCUT2D eigenvalue weighted by molar-refractivity contribution is -0.145. The minimum absolute atomic E-state index is 0.0257. The second-order valence-corrected chi connectivity index (χ2v) is 13.7. The van der Waals surface area contributed by atoms with Crippen LogP contribution in [0.3, 0.4) is 0 Å². The molecular weight excluding hydrogens is 599 g/mol. The maximum absolute atomic E-state index is 13.7. The van der Waals surface area contributed by atoms with Gasteiger partial charge >= 0.3 is 30.1 Å². The zero-order valence-electron chi connectivity index (χ0n) is 26.4. The Morgan fingerprint density at radius 1 is 0.773 bits per heavy atom. The van der Waals surface area contributed by atoms with Gasteiger partial charge in [0.1, 0.15) is 24.3 Å². The smallest absolute Gasteiger partial charge is 0.408 e. The fourth-order valence-electron chi connectivity index (χ4n) is 4.08. The molecule has 2 N–H and O–H groups in total. The zero-order valence-corrected chi connectivity index (χ0v) is 27.3. The summed E-state index contributed by atoms with van der Waals surface area (Å²) in [6.07, 6.45) is -1.76. The van der Waals surface area contributed by atoms with Gasteiger partial charge < -0.3 is 38.8 Å². The number of carbonyl (C=O) groups is 5. The van der Waals surface area contributed by atoms with Gasteiger partial charge in [0.15, 0.2) is 0 Å². The summed E-state index contributed by atoms with van der Waals surface area (Å²) in [5.74, 6) is -3.02. The van der Waals surface area contributed by atoms with Crippen molar-refractivity contribution in [1.29, 1.82) is 0 Å². The van der Waals surface area contributed by atoms with E-state index in [-0.39, 0.29) is 44.6 Å². The van der Waals surface area contributed by atoms with Crippen molar-refractivity contribution in [2.24, 2.45) is 5.92 Å². The average molecular weight is 645 g/mol. The molecule has 0 heterocycles. The summed E-state index contributed by atoms with van der Waals surface area (Å²) in [5, 5.41) is 4.89. The number of methoxy groups -OCH3 is 3. The fraction of sp³-hybridized carbons (Fsp3) is 0.621. The highest BCUT2D eigenvalue weighted by molar-refractivity contribution is 7.59. The molecule has 2 unspecified atom stereocenters. The van der Waals surface area contributed by atoms with E-state index in [9.17, 15) is 28.5 Å². The first-order valence-electron chi connectivity index (χ1n) is 14.0. The van der Waals surface area contributed by atoms with Crippen LogP contribution in [0.5, 0.6) is 0 Å². The van der Waals surface area contributed by atoms with E-state index < -0.39 is 61.1 Å².